The molecule has 0 aliphatic rings. The molecule has 90 valence electrons. The molecule has 0 amide bonds. The summed E-state index contributed by atoms with van der Waals surface area (Å²) in [7, 11) is 0. The van der Waals surface area contributed by atoms with Crippen LogP contribution in [0.3, 0.4) is 0 Å². The summed E-state index contributed by atoms with van der Waals surface area (Å²) in [6.07, 6.45) is 1.82. The van der Waals surface area contributed by atoms with Gasteiger partial charge < -0.3 is 5.32 Å². The van der Waals surface area contributed by atoms with E-state index in [9.17, 15) is 8.78 Å². The van der Waals surface area contributed by atoms with Crippen LogP contribution in [0.1, 0.15) is 15.4 Å². The van der Waals surface area contributed by atoms with Crippen molar-refractivity contribution in [2.24, 2.45) is 0 Å². The maximum atomic E-state index is 12.9. The van der Waals surface area contributed by atoms with E-state index in [4.69, 9.17) is 0 Å². The monoisotopic (exact) mass is 254 g/mol. The fraction of sp³-hybridized carbons (Fsp3) is 0.250. The zero-order valence-electron chi connectivity index (χ0n) is 9.34. The first-order valence-corrected chi connectivity index (χ1v) is 6.03. The Balaban J connectivity index is 1.87. The van der Waals surface area contributed by atoms with Crippen molar-refractivity contribution in [3.63, 3.8) is 0 Å². The Labute approximate surface area is 102 Å². The number of aromatic nitrogens is 1. The van der Waals surface area contributed by atoms with E-state index in [-0.39, 0.29) is 0 Å². The summed E-state index contributed by atoms with van der Waals surface area (Å²) in [6.45, 7) is 3.13. The Morgan fingerprint density at radius 1 is 1.24 bits per heavy atom. The van der Waals surface area contributed by atoms with E-state index in [1.807, 2.05) is 13.1 Å². The third-order valence-electron chi connectivity index (χ3n) is 2.26. The second kappa shape index (κ2) is 5.33. The maximum Gasteiger partial charge on any atom is 0.159 e. The molecule has 0 aliphatic heterocycles. The van der Waals surface area contributed by atoms with E-state index >= 15 is 0 Å². The number of rotatable bonds is 4. The highest BCUT2D eigenvalue weighted by Crippen LogP contribution is 2.11. The van der Waals surface area contributed by atoms with Crippen molar-refractivity contribution < 1.29 is 8.78 Å². The fourth-order valence-electron chi connectivity index (χ4n) is 1.45. The molecule has 17 heavy (non-hydrogen) atoms. The van der Waals surface area contributed by atoms with E-state index in [0.29, 0.717) is 13.1 Å². The fourth-order valence-corrected chi connectivity index (χ4v) is 2.20. The number of hydrogen-bond acceptors (Lipinski definition) is 3. The number of halogens is 2. The first kappa shape index (κ1) is 12.1. The first-order valence-electron chi connectivity index (χ1n) is 5.21. The van der Waals surface area contributed by atoms with Gasteiger partial charge >= 0.3 is 0 Å². The average molecular weight is 254 g/mol. The van der Waals surface area contributed by atoms with Crippen LogP contribution in [-0.2, 0) is 13.1 Å². The molecule has 0 fully saturated rings. The minimum Gasteiger partial charge on any atom is -0.306 e. The topological polar surface area (TPSA) is 24.9 Å². The van der Waals surface area contributed by atoms with Gasteiger partial charge in [-0.25, -0.2) is 13.8 Å². The van der Waals surface area contributed by atoms with Crippen LogP contribution in [0.15, 0.2) is 24.4 Å². The number of benzene rings is 1. The second-order valence-electron chi connectivity index (χ2n) is 3.72. The quantitative estimate of drug-likeness (QED) is 0.907. The minimum atomic E-state index is -0.815. The molecule has 1 heterocycles. The number of thiazole rings is 1. The van der Waals surface area contributed by atoms with Gasteiger partial charge in [-0.1, -0.05) is 6.07 Å². The van der Waals surface area contributed by atoms with Gasteiger partial charge in [0.15, 0.2) is 11.6 Å². The van der Waals surface area contributed by atoms with Gasteiger partial charge in [-0.2, -0.15) is 0 Å². The normalized spacial score (nSPS) is 10.8. The zero-order valence-corrected chi connectivity index (χ0v) is 10.2. The van der Waals surface area contributed by atoms with Gasteiger partial charge in [-0.05, 0) is 24.6 Å². The molecule has 0 bridgehead atoms. The van der Waals surface area contributed by atoms with Gasteiger partial charge in [-0.3, -0.25) is 0 Å². The van der Waals surface area contributed by atoms with Crippen molar-refractivity contribution in [2.75, 3.05) is 0 Å². The number of nitrogens with zero attached hydrogens (tertiary/aromatic N) is 1. The molecule has 2 rings (SSSR count). The number of hydrogen-bond donors (Lipinski definition) is 1. The van der Waals surface area contributed by atoms with Gasteiger partial charge in [0.2, 0.25) is 0 Å². The minimum absolute atomic E-state index is 0.496. The Bertz CT molecular complexity index is 511. The highest BCUT2D eigenvalue weighted by atomic mass is 32.1. The third-order valence-corrected chi connectivity index (χ3v) is 3.17. The molecule has 0 saturated heterocycles. The Morgan fingerprint density at radius 3 is 2.71 bits per heavy atom. The van der Waals surface area contributed by atoms with E-state index < -0.39 is 11.6 Å². The lowest BCUT2D eigenvalue weighted by atomic mass is 10.2. The first-order chi connectivity index (χ1) is 8.15. The molecular formula is C12H12F2N2S. The van der Waals surface area contributed by atoms with Gasteiger partial charge in [0.1, 0.15) is 5.01 Å². The van der Waals surface area contributed by atoms with Crippen LogP contribution in [0.4, 0.5) is 8.78 Å². The molecule has 1 aromatic heterocycles. The molecule has 0 atom stereocenters. The SMILES string of the molecule is Cc1cnc(CNCc2ccc(F)c(F)c2)s1. The smallest absolute Gasteiger partial charge is 0.159 e. The van der Waals surface area contributed by atoms with E-state index in [2.05, 4.69) is 10.3 Å². The highest BCUT2D eigenvalue weighted by molar-refractivity contribution is 7.11. The van der Waals surface area contributed by atoms with E-state index in [1.54, 1.807) is 17.4 Å². The molecular weight excluding hydrogens is 242 g/mol. The maximum absolute atomic E-state index is 12.9. The van der Waals surface area contributed by atoms with Crippen molar-refractivity contribution in [1.82, 2.24) is 10.3 Å². The largest absolute Gasteiger partial charge is 0.306 e. The van der Waals surface area contributed by atoms with Crippen molar-refractivity contribution in [1.29, 1.82) is 0 Å². The van der Waals surface area contributed by atoms with Crippen LogP contribution in [0.2, 0.25) is 0 Å². The summed E-state index contributed by atoms with van der Waals surface area (Å²) in [5.74, 6) is -1.63. The molecule has 1 N–H and O–H groups in total. The molecule has 0 saturated carbocycles. The molecule has 0 spiro atoms. The lowest BCUT2D eigenvalue weighted by molar-refractivity contribution is 0.506. The van der Waals surface area contributed by atoms with E-state index in [1.165, 1.54) is 6.07 Å². The Kier molecular flexibility index (Phi) is 3.81. The van der Waals surface area contributed by atoms with Crippen molar-refractivity contribution >= 4 is 11.3 Å². The summed E-state index contributed by atoms with van der Waals surface area (Å²) < 4.78 is 25.6. The lowest BCUT2D eigenvalue weighted by Crippen LogP contribution is -2.12. The van der Waals surface area contributed by atoms with Crippen LogP contribution in [0.25, 0.3) is 0 Å². The molecule has 0 unspecified atom stereocenters. The predicted octanol–water partition coefficient (Wildman–Crippen LogP) is 3.02. The van der Waals surface area contributed by atoms with Crippen LogP contribution in [-0.4, -0.2) is 4.98 Å². The molecule has 2 nitrogen and oxygen atoms in total. The van der Waals surface area contributed by atoms with Crippen LogP contribution >= 0.6 is 11.3 Å². The predicted molar refractivity (Wildman–Crippen MR) is 63.8 cm³/mol. The standard InChI is InChI=1S/C12H12F2N2S/c1-8-5-16-12(17-8)7-15-6-9-2-3-10(13)11(14)4-9/h2-5,15H,6-7H2,1H3. The summed E-state index contributed by atoms with van der Waals surface area (Å²) in [4.78, 5) is 5.36. The second-order valence-corrected chi connectivity index (χ2v) is 5.04. The van der Waals surface area contributed by atoms with E-state index in [0.717, 1.165) is 21.5 Å². The summed E-state index contributed by atoms with van der Waals surface area (Å²) in [5.41, 5.74) is 0.720. The lowest BCUT2D eigenvalue weighted by Gasteiger charge is -2.03. The zero-order chi connectivity index (χ0) is 12.3. The van der Waals surface area contributed by atoms with Crippen LogP contribution < -0.4 is 5.32 Å². The summed E-state index contributed by atoms with van der Waals surface area (Å²) >= 11 is 1.62. The molecule has 1 aromatic carbocycles. The Morgan fingerprint density at radius 2 is 2.06 bits per heavy atom. The summed E-state index contributed by atoms with van der Waals surface area (Å²) in [6, 6.07) is 3.91. The van der Waals surface area contributed by atoms with Crippen LogP contribution in [0, 0.1) is 18.6 Å². The molecule has 0 radical (unpaired) electrons. The van der Waals surface area contributed by atoms with Crippen molar-refractivity contribution in [3.8, 4) is 0 Å². The molecule has 0 aliphatic carbocycles. The van der Waals surface area contributed by atoms with Crippen LogP contribution in [0.5, 0.6) is 0 Å². The van der Waals surface area contributed by atoms with Gasteiger partial charge in [0, 0.05) is 24.2 Å². The van der Waals surface area contributed by atoms with Gasteiger partial charge in [0.25, 0.3) is 0 Å². The summed E-state index contributed by atoms with van der Waals surface area (Å²) in [5, 5.41) is 4.13. The molecule has 2 aromatic rings. The van der Waals surface area contributed by atoms with Crippen molar-refractivity contribution in [2.45, 2.75) is 20.0 Å². The average Bonchev–Trinajstić information content (AvgIpc) is 2.70. The third kappa shape index (κ3) is 3.31. The van der Waals surface area contributed by atoms with Gasteiger partial charge in [-0.15, -0.1) is 11.3 Å². The number of aryl methyl sites for hydroxylation is 1. The molecule has 5 heteroatoms. The van der Waals surface area contributed by atoms with Gasteiger partial charge in [0.05, 0.1) is 0 Å². The van der Waals surface area contributed by atoms with Crippen molar-refractivity contribution in [3.05, 3.63) is 51.5 Å². The highest BCUT2D eigenvalue weighted by Gasteiger charge is 2.03. The Hall–Kier alpha value is -1.33. The number of nitrogens with one attached hydrogen (secondary N) is 1.